The summed E-state index contributed by atoms with van der Waals surface area (Å²) < 4.78 is 65.3. The fourth-order valence-electron chi connectivity index (χ4n) is 3.62. The third-order valence-electron chi connectivity index (χ3n) is 5.02. The lowest BCUT2D eigenvalue weighted by Crippen LogP contribution is -2.44. The summed E-state index contributed by atoms with van der Waals surface area (Å²) >= 11 is 0. The third-order valence-corrected chi connectivity index (χ3v) is 6.90. The summed E-state index contributed by atoms with van der Waals surface area (Å²) in [5.74, 6) is -3.39. The molecule has 2 heterocycles. The number of fused-ring (bicyclic) bond motifs is 1. The summed E-state index contributed by atoms with van der Waals surface area (Å²) in [5.41, 5.74) is 0.114. The maximum absolute atomic E-state index is 12.9. The minimum atomic E-state index is -5.05. The second-order valence-electron chi connectivity index (χ2n) is 6.85. The minimum absolute atomic E-state index is 0.0944. The number of nitrogens with zero attached hydrogens (tertiary/aromatic N) is 2. The molecule has 0 spiro atoms. The van der Waals surface area contributed by atoms with Gasteiger partial charge in [-0.3, -0.25) is 4.79 Å². The molecule has 2 aliphatic heterocycles. The summed E-state index contributed by atoms with van der Waals surface area (Å²) in [4.78, 5) is 23.5. The van der Waals surface area contributed by atoms with E-state index >= 15 is 0 Å². The number of carbonyl (C=O) groups is 2. The highest BCUT2D eigenvalue weighted by Crippen LogP contribution is 2.31. The summed E-state index contributed by atoms with van der Waals surface area (Å²) in [6.07, 6.45) is -2.88. The van der Waals surface area contributed by atoms with Crippen LogP contribution in [0.1, 0.15) is 40.7 Å². The number of hydrogen-bond donors (Lipinski definition) is 1. The molecule has 0 saturated carbocycles. The average molecular weight is 420 g/mol. The molecule has 0 unspecified atom stereocenters. The predicted molar refractivity (Wildman–Crippen MR) is 91.2 cm³/mol. The van der Waals surface area contributed by atoms with Crippen LogP contribution in [0.5, 0.6) is 0 Å². The average Bonchev–Trinajstić information content (AvgIpc) is 2.65. The van der Waals surface area contributed by atoms with Gasteiger partial charge < -0.3 is 10.0 Å². The van der Waals surface area contributed by atoms with Gasteiger partial charge in [-0.2, -0.15) is 17.5 Å². The SMILES string of the molecule is O=C(O)c1cc(S(=O)(=O)N2CCCCC2)cc2c1CCN(C(=O)C(F)(F)F)C2. The number of aromatic carboxylic acids is 1. The first-order valence-corrected chi connectivity index (χ1v) is 10.2. The molecule has 1 N–H and O–H groups in total. The molecule has 1 aromatic rings. The Balaban J connectivity index is 2.02. The topological polar surface area (TPSA) is 95.0 Å². The highest BCUT2D eigenvalue weighted by Gasteiger charge is 2.43. The molecule has 28 heavy (non-hydrogen) atoms. The Labute approximate surface area is 159 Å². The van der Waals surface area contributed by atoms with Gasteiger partial charge >= 0.3 is 18.1 Å². The van der Waals surface area contributed by atoms with Crippen LogP contribution in [0.2, 0.25) is 0 Å². The molecule has 7 nitrogen and oxygen atoms in total. The quantitative estimate of drug-likeness (QED) is 0.807. The van der Waals surface area contributed by atoms with Gasteiger partial charge in [0.1, 0.15) is 0 Å². The zero-order valence-electron chi connectivity index (χ0n) is 14.8. The zero-order chi connectivity index (χ0) is 20.7. The van der Waals surface area contributed by atoms with Crippen LogP contribution in [0.4, 0.5) is 13.2 Å². The monoisotopic (exact) mass is 420 g/mol. The van der Waals surface area contributed by atoms with E-state index in [1.165, 1.54) is 10.4 Å². The number of sulfonamides is 1. The van der Waals surface area contributed by atoms with Crippen molar-refractivity contribution in [3.63, 3.8) is 0 Å². The van der Waals surface area contributed by atoms with E-state index < -0.39 is 34.6 Å². The predicted octanol–water partition coefficient (Wildman–Crippen LogP) is 2.01. The van der Waals surface area contributed by atoms with Crippen molar-refractivity contribution in [3.05, 3.63) is 28.8 Å². The number of amides is 1. The van der Waals surface area contributed by atoms with Crippen molar-refractivity contribution >= 4 is 21.9 Å². The smallest absolute Gasteiger partial charge is 0.471 e. The summed E-state index contributed by atoms with van der Waals surface area (Å²) in [6, 6.07) is 2.26. The normalized spacial score (nSPS) is 18.6. The number of halogens is 3. The molecule has 154 valence electrons. The first kappa shape index (κ1) is 20.6. The summed E-state index contributed by atoms with van der Waals surface area (Å²) in [7, 11) is -3.97. The van der Waals surface area contributed by atoms with E-state index in [4.69, 9.17) is 0 Å². The van der Waals surface area contributed by atoms with Crippen molar-refractivity contribution in [2.24, 2.45) is 0 Å². The molecule has 2 aliphatic rings. The minimum Gasteiger partial charge on any atom is -0.478 e. The molecular formula is C17H19F3N2O5S. The Hall–Kier alpha value is -2.14. The lowest BCUT2D eigenvalue weighted by Gasteiger charge is -2.31. The van der Waals surface area contributed by atoms with E-state index in [-0.39, 0.29) is 34.6 Å². The summed E-state index contributed by atoms with van der Waals surface area (Å²) in [6.45, 7) is -0.165. The number of carbonyl (C=O) groups excluding carboxylic acids is 1. The lowest BCUT2D eigenvalue weighted by molar-refractivity contribution is -0.186. The standard InChI is InChI=1S/C17H19F3N2O5S/c18-17(19,20)16(25)21-7-4-13-11(10-21)8-12(9-14(13)15(23)24)28(26,27)22-5-2-1-3-6-22/h8-9H,1-7,10H2,(H,23,24). The number of carboxylic acids is 1. The van der Waals surface area contributed by atoms with Gasteiger partial charge in [-0.05, 0) is 42.5 Å². The maximum Gasteiger partial charge on any atom is 0.471 e. The largest absolute Gasteiger partial charge is 0.478 e. The summed E-state index contributed by atoms with van der Waals surface area (Å²) in [5, 5.41) is 9.48. The zero-order valence-corrected chi connectivity index (χ0v) is 15.6. The lowest BCUT2D eigenvalue weighted by atomic mass is 9.94. The van der Waals surface area contributed by atoms with Crippen molar-refractivity contribution in [1.82, 2.24) is 9.21 Å². The van der Waals surface area contributed by atoms with Crippen LogP contribution in [0.25, 0.3) is 0 Å². The van der Waals surface area contributed by atoms with Crippen LogP contribution in [0.15, 0.2) is 17.0 Å². The third kappa shape index (κ3) is 3.86. The van der Waals surface area contributed by atoms with Gasteiger partial charge in [0.25, 0.3) is 0 Å². The molecule has 1 aromatic carbocycles. The Morgan fingerprint density at radius 1 is 1.04 bits per heavy atom. The van der Waals surface area contributed by atoms with E-state index in [0.717, 1.165) is 12.5 Å². The Kier molecular flexibility index (Phi) is 5.41. The van der Waals surface area contributed by atoms with E-state index in [0.29, 0.717) is 30.8 Å². The number of rotatable bonds is 3. The van der Waals surface area contributed by atoms with E-state index in [9.17, 15) is 36.3 Å². The van der Waals surface area contributed by atoms with Crippen molar-refractivity contribution in [3.8, 4) is 0 Å². The maximum atomic E-state index is 12.9. The molecule has 3 rings (SSSR count). The van der Waals surface area contributed by atoms with Gasteiger partial charge in [0.2, 0.25) is 10.0 Å². The Morgan fingerprint density at radius 2 is 1.68 bits per heavy atom. The van der Waals surface area contributed by atoms with Gasteiger partial charge in [0.05, 0.1) is 10.5 Å². The highest BCUT2D eigenvalue weighted by molar-refractivity contribution is 7.89. The van der Waals surface area contributed by atoms with Crippen LogP contribution in [0, 0.1) is 0 Å². The Morgan fingerprint density at radius 3 is 2.25 bits per heavy atom. The van der Waals surface area contributed by atoms with E-state index in [2.05, 4.69) is 0 Å². The first-order valence-electron chi connectivity index (χ1n) is 8.77. The fraction of sp³-hybridized carbons (Fsp3) is 0.529. The molecule has 1 amide bonds. The molecule has 11 heteroatoms. The van der Waals surface area contributed by atoms with Gasteiger partial charge in [0.15, 0.2) is 0 Å². The van der Waals surface area contributed by atoms with Crippen molar-refractivity contribution < 1.29 is 36.3 Å². The molecule has 1 saturated heterocycles. The van der Waals surface area contributed by atoms with E-state index in [1.54, 1.807) is 0 Å². The second kappa shape index (κ2) is 7.36. The van der Waals surface area contributed by atoms with Gasteiger partial charge in [-0.1, -0.05) is 6.42 Å². The number of piperidine rings is 1. The van der Waals surface area contributed by atoms with E-state index in [1.807, 2.05) is 0 Å². The Bertz CT molecular complexity index is 908. The van der Waals surface area contributed by atoms with Crippen LogP contribution in [0.3, 0.4) is 0 Å². The van der Waals surface area contributed by atoms with Crippen LogP contribution in [-0.2, 0) is 27.8 Å². The van der Waals surface area contributed by atoms with Gasteiger partial charge in [-0.15, -0.1) is 0 Å². The fourth-order valence-corrected chi connectivity index (χ4v) is 5.21. The second-order valence-corrected chi connectivity index (χ2v) is 8.79. The molecule has 0 radical (unpaired) electrons. The van der Waals surface area contributed by atoms with Crippen molar-refractivity contribution in [2.45, 2.75) is 43.3 Å². The number of alkyl halides is 3. The van der Waals surface area contributed by atoms with Gasteiger partial charge in [-0.25, -0.2) is 13.2 Å². The van der Waals surface area contributed by atoms with Crippen molar-refractivity contribution in [2.75, 3.05) is 19.6 Å². The van der Waals surface area contributed by atoms with Gasteiger partial charge in [0, 0.05) is 26.2 Å². The molecule has 1 fully saturated rings. The molecule has 0 bridgehead atoms. The molecule has 0 aromatic heterocycles. The van der Waals surface area contributed by atoms with Crippen LogP contribution >= 0.6 is 0 Å². The van der Waals surface area contributed by atoms with Crippen LogP contribution < -0.4 is 0 Å². The molecule has 0 atom stereocenters. The number of benzene rings is 1. The number of hydrogen-bond acceptors (Lipinski definition) is 4. The van der Waals surface area contributed by atoms with Crippen molar-refractivity contribution in [1.29, 1.82) is 0 Å². The molecule has 0 aliphatic carbocycles. The van der Waals surface area contributed by atoms with Crippen LogP contribution in [-0.4, -0.2) is 60.4 Å². The number of carboxylic acid groups (broad SMARTS) is 1. The first-order chi connectivity index (χ1) is 13.0. The highest BCUT2D eigenvalue weighted by atomic mass is 32.2. The molecular weight excluding hydrogens is 401 g/mol.